The van der Waals surface area contributed by atoms with Crippen molar-refractivity contribution in [2.24, 2.45) is 5.92 Å². The number of hydrogen-bond acceptors (Lipinski definition) is 3. The number of nitrogens with one attached hydrogen (secondary N) is 1. The first-order chi connectivity index (χ1) is 9.65. The van der Waals surface area contributed by atoms with Crippen LogP contribution < -0.4 is 5.32 Å². The summed E-state index contributed by atoms with van der Waals surface area (Å²) in [4.78, 5) is 14.2. The van der Waals surface area contributed by atoms with Crippen LogP contribution in [0, 0.1) is 5.92 Å². The number of benzene rings is 1. The van der Waals surface area contributed by atoms with E-state index in [1.807, 2.05) is 18.2 Å². The van der Waals surface area contributed by atoms with Crippen LogP contribution in [0.2, 0.25) is 5.02 Å². The van der Waals surface area contributed by atoms with E-state index < -0.39 is 0 Å². The third kappa shape index (κ3) is 2.82. The van der Waals surface area contributed by atoms with Crippen molar-refractivity contribution in [3.63, 3.8) is 0 Å². The number of amides is 1. The van der Waals surface area contributed by atoms with Gasteiger partial charge in [-0.1, -0.05) is 23.7 Å². The lowest BCUT2D eigenvalue weighted by Crippen LogP contribution is -2.44. The molecule has 0 aromatic heterocycles. The molecule has 1 amide bonds. The van der Waals surface area contributed by atoms with Crippen LogP contribution in [0.25, 0.3) is 0 Å². The highest BCUT2D eigenvalue weighted by Gasteiger charge is 2.44. The fourth-order valence-corrected chi connectivity index (χ4v) is 3.43. The Morgan fingerprint density at radius 1 is 1.50 bits per heavy atom. The molecule has 20 heavy (non-hydrogen) atoms. The third-order valence-corrected chi connectivity index (χ3v) is 4.35. The van der Waals surface area contributed by atoms with E-state index in [2.05, 4.69) is 16.3 Å². The molecule has 108 valence electrons. The van der Waals surface area contributed by atoms with Crippen LogP contribution in [0.15, 0.2) is 24.3 Å². The van der Waals surface area contributed by atoms with Gasteiger partial charge in [0.05, 0.1) is 18.1 Å². The Morgan fingerprint density at radius 3 is 3.10 bits per heavy atom. The van der Waals surface area contributed by atoms with Crippen LogP contribution in [-0.2, 0) is 16.1 Å². The maximum absolute atomic E-state index is 11.8. The van der Waals surface area contributed by atoms with Crippen molar-refractivity contribution in [3.8, 4) is 0 Å². The van der Waals surface area contributed by atoms with Crippen molar-refractivity contribution in [1.82, 2.24) is 10.2 Å². The molecular weight excluding hydrogens is 276 g/mol. The van der Waals surface area contributed by atoms with Gasteiger partial charge in [-0.25, -0.2) is 0 Å². The summed E-state index contributed by atoms with van der Waals surface area (Å²) in [6, 6.07) is 7.93. The van der Waals surface area contributed by atoms with Gasteiger partial charge in [-0.05, 0) is 24.1 Å². The number of ether oxygens (including phenoxy) is 1. The van der Waals surface area contributed by atoms with Gasteiger partial charge in [-0.15, -0.1) is 0 Å². The van der Waals surface area contributed by atoms with E-state index in [-0.39, 0.29) is 24.0 Å². The lowest BCUT2D eigenvalue weighted by atomic mass is 10.00. The van der Waals surface area contributed by atoms with E-state index in [4.69, 9.17) is 16.3 Å². The predicted molar refractivity (Wildman–Crippen MR) is 77.6 cm³/mol. The number of morpholine rings is 1. The number of carbonyl (C=O) groups excluding carboxylic acids is 1. The Hall–Kier alpha value is -1.10. The van der Waals surface area contributed by atoms with Gasteiger partial charge in [0.15, 0.2) is 0 Å². The molecule has 2 aliphatic rings. The summed E-state index contributed by atoms with van der Waals surface area (Å²) in [6.07, 6.45) is 1.03. The zero-order valence-corrected chi connectivity index (χ0v) is 12.3. The van der Waals surface area contributed by atoms with Crippen molar-refractivity contribution in [3.05, 3.63) is 34.9 Å². The topological polar surface area (TPSA) is 41.6 Å². The van der Waals surface area contributed by atoms with Crippen molar-refractivity contribution < 1.29 is 9.53 Å². The molecule has 1 N–H and O–H groups in total. The molecule has 3 rings (SSSR count). The van der Waals surface area contributed by atoms with Gasteiger partial charge >= 0.3 is 0 Å². The van der Waals surface area contributed by atoms with Crippen LogP contribution in [0.5, 0.6) is 0 Å². The molecule has 5 heteroatoms. The lowest BCUT2D eigenvalue weighted by molar-refractivity contribution is -0.127. The maximum atomic E-state index is 11.8. The van der Waals surface area contributed by atoms with E-state index in [1.54, 1.807) is 7.05 Å². The number of nitrogens with zero attached hydrogens (tertiary/aromatic N) is 1. The minimum atomic E-state index is -0.00522. The lowest BCUT2D eigenvalue weighted by Gasteiger charge is -2.32. The first-order valence-corrected chi connectivity index (χ1v) is 7.37. The SMILES string of the molecule is CNC(=O)[C@H]1C[C@H]2CN(Cc3cccc(Cl)c3)C[C@H]1O2. The van der Waals surface area contributed by atoms with Gasteiger partial charge in [-0.2, -0.15) is 0 Å². The zero-order chi connectivity index (χ0) is 14.1. The normalized spacial score (nSPS) is 29.4. The van der Waals surface area contributed by atoms with E-state index in [1.165, 1.54) is 5.56 Å². The second-order valence-corrected chi connectivity index (χ2v) is 6.01. The molecule has 2 fully saturated rings. The average molecular weight is 295 g/mol. The summed E-state index contributed by atoms with van der Waals surface area (Å²) in [6.45, 7) is 2.55. The summed E-state index contributed by atoms with van der Waals surface area (Å²) in [7, 11) is 1.69. The van der Waals surface area contributed by atoms with E-state index in [9.17, 15) is 4.79 Å². The summed E-state index contributed by atoms with van der Waals surface area (Å²) < 4.78 is 5.90. The highest BCUT2D eigenvalue weighted by atomic mass is 35.5. The molecule has 2 aliphatic heterocycles. The molecule has 0 spiro atoms. The minimum Gasteiger partial charge on any atom is -0.371 e. The van der Waals surface area contributed by atoms with E-state index in [0.29, 0.717) is 0 Å². The molecule has 1 aromatic rings. The van der Waals surface area contributed by atoms with E-state index in [0.717, 1.165) is 31.1 Å². The molecule has 0 radical (unpaired) electrons. The Morgan fingerprint density at radius 2 is 2.35 bits per heavy atom. The molecule has 2 bridgehead atoms. The maximum Gasteiger partial charge on any atom is 0.225 e. The Kier molecular flexibility index (Phi) is 3.96. The number of likely N-dealkylation sites (tertiary alicyclic amines) is 1. The van der Waals surface area contributed by atoms with Gasteiger partial charge in [-0.3, -0.25) is 9.69 Å². The monoisotopic (exact) mass is 294 g/mol. The highest BCUT2D eigenvalue weighted by molar-refractivity contribution is 6.30. The number of hydrogen-bond donors (Lipinski definition) is 1. The molecular formula is C15H19ClN2O2. The molecule has 2 saturated heterocycles. The molecule has 0 aliphatic carbocycles. The Labute approximate surface area is 124 Å². The van der Waals surface area contributed by atoms with Gasteiger partial charge in [0.1, 0.15) is 0 Å². The average Bonchev–Trinajstić information content (AvgIpc) is 2.73. The summed E-state index contributed by atoms with van der Waals surface area (Å²) in [5.41, 5.74) is 1.20. The first kappa shape index (κ1) is 13.9. The van der Waals surface area contributed by atoms with Gasteiger partial charge in [0.2, 0.25) is 5.91 Å². The fourth-order valence-electron chi connectivity index (χ4n) is 3.22. The smallest absolute Gasteiger partial charge is 0.225 e. The molecule has 0 unspecified atom stereocenters. The first-order valence-electron chi connectivity index (χ1n) is 6.99. The molecule has 0 saturated carbocycles. The number of rotatable bonds is 3. The second-order valence-electron chi connectivity index (χ2n) is 5.58. The molecule has 2 heterocycles. The predicted octanol–water partition coefficient (Wildman–Crippen LogP) is 1.68. The van der Waals surface area contributed by atoms with Gasteiger partial charge in [0, 0.05) is 31.7 Å². The Balaban J connectivity index is 1.65. The minimum absolute atomic E-state index is 0.00522. The summed E-state index contributed by atoms with van der Waals surface area (Å²) >= 11 is 6.02. The quantitative estimate of drug-likeness (QED) is 0.922. The Bertz CT molecular complexity index is 508. The molecule has 4 nitrogen and oxygen atoms in total. The van der Waals surface area contributed by atoms with Crippen molar-refractivity contribution in [2.45, 2.75) is 25.2 Å². The van der Waals surface area contributed by atoms with Crippen LogP contribution in [-0.4, -0.2) is 43.2 Å². The van der Waals surface area contributed by atoms with E-state index >= 15 is 0 Å². The number of halogens is 1. The van der Waals surface area contributed by atoms with Crippen LogP contribution in [0.3, 0.4) is 0 Å². The van der Waals surface area contributed by atoms with Crippen LogP contribution in [0.1, 0.15) is 12.0 Å². The molecule has 1 aromatic carbocycles. The van der Waals surface area contributed by atoms with Crippen molar-refractivity contribution in [1.29, 1.82) is 0 Å². The van der Waals surface area contributed by atoms with Gasteiger partial charge < -0.3 is 10.1 Å². The number of carbonyl (C=O) groups is 1. The zero-order valence-electron chi connectivity index (χ0n) is 11.5. The number of fused-ring (bicyclic) bond motifs is 2. The largest absolute Gasteiger partial charge is 0.371 e. The molecule has 3 atom stereocenters. The van der Waals surface area contributed by atoms with Crippen molar-refractivity contribution in [2.75, 3.05) is 20.1 Å². The standard InChI is InChI=1S/C15H19ClN2O2/c1-17-15(19)13-6-12-8-18(9-14(13)20-12)7-10-3-2-4-11(16)5-10/h2-5,12-14H,6-9H2,1H3,(H,17,19)/t12-,13-,14+/m0/s1. The highest BCUT2D eigenvalue weighted by Crippen LogP contribution is 2.32. The van der Waals surface area contributed by atoms with Gasteiger partial charge in [0.25, 0.3) is 0 Å². The third-order valence-electron chi connectivity index (χ3n) is 4.11. The summed E-state index contributed by atoms with van der Waals surface area (Å²) in [5.74, 6) is 0.0940. The van der Waals surface area contributed by atoms with Crippen LogP contribution in [0.4, 0.5) is 0 Å². The summed E-state index contributed by atoms with van der Waals surface area (Å²) in [5, 5.41) is 3.50. The van der Waals surface area contributed by atoms with Crippen LogP contribution >= 0.6 is 11.6 Å². The second kappa shape index (κ2) is 5.72. The van der Waals surface area contributed by atoms with Crippen molar-refractivity contribution >= 4 is 17.5 Å². The fraction of sp³-hybridized carbons (Fsp3) is 0.533.